The zero-order chi connectivity index (χ0) is 9.26. The van der Waals surface area contributed by atoms with Crippen molar-refractivity contribution in [1.29, 1.82) is 0 Å². The van der Waals surface area contributed by atoms with Crippen LogP contribution in [0.1, 0.15) is 5.56 Å². The third kappa shape index (κ3) is 1.42. The normalized spacial score (nSPS) is 10.2. The molecule has 2 aromatic heterocycles. The Labute approximate surface area is 81.1 Å². The van der Waals surface area contributed by atoms with Crippen LogP contribution in [0, 0.1) is 6.92 Å². The summed E-state index contributed by atoms with van der Waals surface area (Å²) in [4.78, 5) is 5.26. The monoisotopic (exact) mass is 190 g/mol. The van der Waals surface area contributed by atoms with E-state index in [1.165, 1.54) is 10.4 Å². The molecule has 2 heterocycles. The first-order valence-corrected chi connectivity index (χ1v) is 4.92. The molecular formula is C10H10N2S. The summed E-state index contributed by atoms with van der Waals surface area (Å²) in [5.41, 5.74) is 8.05. The minimum absolute atomic E-state index is 0.613. The second kappa shape index (κ2) is 3.18. The second-order valence-electron chi connectivity index (χ2n) is 2.87. The standard InChI is InChI=1S/C10H10N2S/c1-7-4-5-12-10(11)9(7)8-3-2-6-13-8/h2-6H,1H3,(H2,11,12). The molecule has 2 rings (SSSR count). The van der Waals surface area contributed by atoms with Crippen LogP contribution in [0.2, 0.25) is 0 Å². The van der Waals surface area contributed by atoms with Gasteiger partial charge in [0.2, 0.25) is 0 Å². The van der Waals surface area contributed by atoms with Gasteiger partial charge in [0.1, 0.15) is 5.82 Å². The number of hydrogen-bond donors (Lipinski definition) is 1. The summed E-state index contributed by atoms with van der Waals surface area (Å²) in [5.74, 6) is 0.613. The number of pyridine rings is 1. The van der Waals surface area contributed by atoms with E-state index in [-0.39, 0.29) is 0 Å². The number of nitrogens with two attached hydrogens (primary N) is 1. The van der Waals surface area contributed by atoms with Gasteiger partial charge in [-0.05, 0) is 30.0 Å². The molecule has 66 valence electrons. The van der Waals surface area contributed by atoms with Crippen LogP contribution in [0.3, 0.4) is 0 Å². The van der Waals surface area contributed by atoms with Crippen LogP contribution in [0.4, 0.5) is 5.82 Å². The molecule has 0 radical (unpaired) electrons. The Balaban J connectivity index is 2.64. The van der Waals surface area contributed by atoms with Crippen LogP contribution < -0.4 is 5.73 Å². The first-order chi connectivity index (χ1) is 6.29. The number of anilines is 1. The number of aromatic nitrogens is 1. The average Bonchev–Trinajstić information content (AvgIpc) is 2.57. The Hall–Kier alpha value is -1.35. The molecule has 13 heavy (non-hydrogen) atoms. The van der Waals surface area contributed by atoms with Gasteiger partial charge in [-0.3, -0.25) is 0 Å². The highest BCUT2D eigenvalue weighted by atomic mass is 32.1. The van der Waals surface area contributed by atoms with Crippen molar-refractivity contribution in [2.45, 2.75) is 6.92 Å². The molecule has 0 aliphatic rings. The molecule has 0 saturated heterocycles. The van der Waals surface area contributed by atoms with Crippen LogP contribution in [-0.2, 0) is 0 Å². The predicted octanol–water partition coefficient (Wildman–Crippen LogP) is 2.70. The Kier molecular flexibility index (Phi) is 2.02. The smallest absolute Gasteiger partial charge is 0.132 e. The van der Waals surface area contributed by atoms with E-state index in [9.17, 15) is 0 Å². The number of nitrogen functional groups attached to an aromatic ring is 1. The average molecular weight is 190 g/mol. The molecular weight excluding hydrogens is 180 g/mol. The highest BCUT2D eigenvalue weighted by molar-refractivity contribution is 7.13. The lowest BCUT2D eigenvalue weighted by Gasteiger charge is -2.04. The molecule has 0 bridgehead atoms. The lowest BCUT2D eigenvalue weighted by Crippen LogP contribution is -1.94. The summed E-state index contributed by atoms with van der Waals surface area (Å²) in [6, 6.07) is 6.06. The SMILES string of the molecule is Cc1ccnc(N)c1-c1cccs1. The molecule has 2 aromatic rings. The number of rotatable bonds is 1. The third-order valence-electron chi connectivity index (χ3n) is 1.96. The summed E-state index contributed by atoms with van der Waals surface area (Å²) < 4.78 is 0. The third-order valence-corrected chi connectivity index (χ3v) is 2.84. The van der Waals surface area contributed by atoms with Gasteiger partial charge in [-0.25, -0.2) is 4.98 Å². The van der Waals surface area contributed by atoms with Crippen molar-refractivity contribution in [1.82, 2.24) is 4.98 Å². The molecule has 0 amide bonds. The molecule has 0 fully saturated rings. The molecule has 2 nitrogen and oxygen atoms in total. The fourth-order valence-corrected chi connectivity index (χ4v) is 2.16. The summed E-state index contributed by atoms with van der Waals surface area (Å²) in [7, 11) is 0. The van der Waals surface area contributed by atoms with E-state index in [1.807, 2.05) is 24.4 Å². The summed E-state index contributed by atoms with van der Waals surface area (Å²) in [6.07, 6.45) is 1.74. The van der Waals surface area contributed by atoms with Crippen molar-refractivity contribution in [2.24, 2.45) is 0 Å². The van der Waals surface area contributed by atoms with Gasteiger partial charge in [0, 0.05) is 16.6 Å². The lowest BCUT2D eigenvalue weighted by atomic mass is 10.1. The topological polar surface area (TPSA) is 38.9 Å². The van der Waals surface area contributed by atoms with Crippen LogP contribution in [0.25, 0.3) is 10.4 Å². The fourth-order valence-electron chi connectivity index (χ4n) is 1.32. The molecule has 0 unspecified atom stereocenters. The molecule has 0 spiro atoms. The maximum Gasteiger partial charge on any atom is 0.132 e. The highest BCUT2D eigenvalue weighted by Gasteiger charge is 2.06. The lowest BCUT2D eigenvalue weighted by molar-refractivity contribution is 1.30. The van der Waals surface area contributed by atoms with E-state index in [1.54, 1.807) is 17.5 Å². The van der Waals surface area contributed by atoms with E-state index in [4.69, 9.17) is 5.73 Å². The Morgan fingerprint density at radius 3 is 2.85 bits per heavy atom. The van der Waals surface area contributed by atoms with Gasteiger partial charge in [-0.1, -0.05) is 6.07 Å². The van der Waals surface area contributed by atoms with Gasteiger partial charge in [0.15, 0.2) is 0 Å². The zero-order valence-electron chi connectivity index (χ0n) is 7.32. The van der Waals surface area contributed by atoms with Crippen molar-refractivity contribution in [3.8, 4) is 10.4 Å². The maximum absolute atomic E-state index is 5.81. The maximum atomic E-state index is 5.81. The number of thiophene rings is 1. The first kappa shape index (κ1) is 8.26. The molecule has 0 aliphatic heterocycles. The number of aryl methyl sites for hydroxylation is 1. The molecule has 0 aromatic carbocycles. The van der Waals surface area contributed by atoms with Gasteiger partial charge >= 0.3 is 0 Å². The van der Waals surface area contributed by atoms with E-state index in [0.29, 0.717) is 5.82 Å². The van der Waals surface area contributed by atoms with Gasteiger partial charge in [-0.2, -0.15) is 0 Å². The van der Waals surface area contributed by atoms with Crippen molar-refractivity contribution in [2.75, 3.05) is 5.73 Å². The largest absolute Gasteiger partial charge is 0.383 e. The van der Waals surface area contributed by atoms with Crippen LogP contribution in [-0.4, -0.2) is 4.98 Å². The molecule has 0 atom stereocenters. The van der Waals surface area contributed by atoms with Crippen molar-refractivity contribution in [3.05, 3.63) is 35.3 Å². The Bertz CT molecular complexity index is 387. The van der Waals surface area contributed by atoms with E-state index >= 15 is 0 Å². The van der Waals surface area contributed by atoms with Gasteiger partial charge < -0.3 is 5.73 Å². The molecule has 3 heteroatoms. The van der Waals surface area contributed by atoms with E-state index in [0.717, 1.165) is 5.56 Å². The van der Waals surface area contributed by atoms with E-state index < -0.39 is 0 Å². The van der Waals surface area contributed by atoms with Crippen LogP contribution in [0.5, 0.6) is 0 Å². The van der Waals surface area contributed by atoms with Gasteiger partial charge in [-0.15, -0.1) is 11.3 Å². The van der Waals surface area contributed by atoms with Gasteiger partial charge in [0.25, 0.3) is 0 Å². The van der Waals surface area contributed by atoms with Crippen LogP contribution >= 0.6 is 11.3 Å². The highest BCUT2D eigenvalue weighted by Crippen LogP contribution is 2.31. The zero-order valence-corrected chi connectivity index (χ0v) is 8.14. The van der Waals surface area contributed by atoms with Gasteiger partial charge in [0.05, 0.1) is 0 Å². The van der Waals surface area contributed by atoms with Crippen molar-refractivity contribution >= 4 is 17.2 Å². The number of hydrogen-bond acceptors (Lipinski definition) is 3. The molecule has 2 N–H and O–H groups in total. The van der Waals surface area contributed by atoms with Crippen molar-refractivity contribution in [3.63, 3.8) is 0 Å². The molecule has 0 saturated carbocycles. The minimum Gasteiger partial charge on any atom is -0.383 e. The summed E-state index contributed by atoms with van der Waals surface area (Å²) in [5, 5.41) is 2.04. The Morgan fingerprint density at radius 2 is 2.23 bits per heavy atom. The summed E-state index contributed by atoms with van der Waals surface area (Å²) >= 11 is 1.68. The first-order valence-electron chi connectivity index (χ1n) is 4.04. The minimum atomic E-state index is 0.613. The summed E-state index contributed by atoms with van der Waals surface area (Å²) in [6.45, 7) is 2.05. The second-order valence-corrected chi connectivity index (χ2v) is 3.81. The predicted molar refractivity (Wildman–Crippen MR) is 56.7 cm³/mol. The quantitative estimate of drug-likeness (QED) is 0.751. The van der Waals surface area contributed by atoms with E-state index in [2.05, 4.69) is 11.1 Å². The molecule has 0 aliphatic carbocycles. The Morgan fingerprint density at radius 1 is 1.38 bits per heavy atom. The van der Waals surface area contributed by atoms with Crippen molar-refractivity contribution < 1.29 is 0 Å². The van der Waals surface area contributed by atoms with Crippen LogP contribution in [0.15, 0.2) is 29.8 Å². The number of nitrogens with zero attached hydrogens (tertiary/aromatic N) is 1. The fraction of sp³-hybridized carbons (Fsp3) is 0.100.